The molecule has 11 rings (SSSR count). The zero-order chi connectivity index (χ0) is 42.0. The van der Waals surface area contributed by atoms with Gasteiger partial charge in [0.25, 0.3) is 0 Å². The minimum Gasteiger partial charge on any atom is -0.334 e. The van der Waals surface area contributed by atoms with Gasteiger partial charge in [0.1, 0.15) is 0 Å². The first kappa shape index (κ1) is 38.0. The van der Waals surface area contributed by atoms with Gasteiger partial charge >= 0.3 is 0 Å². The van der Waals surface area contributed by atoms with Gasteiger partial charge in [0.05, 0.1) is 6.04 Å². The van der Waals surface area contributed by atoms with Crippen molar-refractivity contribution in [2.75, 3.05) is 4.90 Å². The van der Waals surface area contributed by atoms with Gasteiger partial charge in [-0.2, -0.15) is 0 Å². The van der Waals surface area contributed by atoms with Crippen LogP contribution in [0.4, 0.5) is 11.4 Å². The first-order valence-electron chi connectivity index (χ1n) is 21.9. The summed E-state index contributed by atoms with van der Waals surface area (Å²) in [6.07, 6.45) is 8.00. The highest BCUT2D eigenvalue weighted by molar-refractivity contribution is 5.98. The zero-order valence-electron chi connectivity index (χ0n) is 35.0. The summed E-state index contributed by atoms with van der Waals surface area (Å²) in [5, 5.41) is 5.03. The van der Waals surface area contributed by atoms with E-state index in [-0.39, 0.29) is 6.04 Å². The van der Waals surface area contributed by atoms with Gasteiger partial charge in [-0.05, 0) is 143 Å². The molecule has 1 unspecified atom stereocenters. The highest BCUT2D eigenvalue weighted by atomic mass is 15.2. The van der Waals surface area contributed by atoms with Crippen molar-refractivity contribution >= 4 is 38.5 Å². The van der Waals surface area contributed by atoms with Crippen LogP contribution in [-0.2, 0) is 0 Å². The van der Waals surface area contributed by atoms with Gasteiger partial charge in [0.15, 0.2) is 0 Å². The van der Waals surface area contributed by atoms with Crippen molar-refractivity contribution in [1.29, 1.82) is 0 Å². The van der Waals surface area contributed by atoms with E-state index in [1.54, 1.807) is 0 Å². The van der Waals surface area contributed by atoms with Crippen LogP contribution in [0.25, 0.3) is 82.8 Å². The van der Waals surface area contributed by atoms with Crippen LogP contribution in [0.3, 0.4) is 0 Å². The van der Waals surface area contributed by atoms with Crippen LogP contribution in [0, 0.1) is 0 Å². The molecular weight excluding hydrogens is 759 g/mol. The monoisotopic (exact) mass is 803 g/mol. The van der Waals surface area contributed by atoms with Crippen molar-refractivity contribution in [2.24, 2.45) is 0 Å². The molecule has 0 bridgehead atoms. The van der Waals surface area contributed by atoms with Crippen LogP contribution in [0.2, 0.25) is 0 Å². The molecule has 10 aromatic carbocycles. The highest BCUT2D eigenvalue weighted by Crippen LogP contribution is 2.45. The van der Waals surface area contributed by atoms with Gasteiger partial charge in [-0.1, -0.05) is 206 Å². The fourth-order valence-electron chi connectivity index (χ4n) is 9.35. The highest BCUT2D eigenvalue weighted by Gasteiger charge is 2.23. The number of rotatable bonds is 9. The van der Waals surface area contributed by atoms with E-state index in [2.05, 4.69) is 260 Å². The predicted octanol–water partition coefficient (Wildman–Crippen LogP) is 16.9. The molecule has 1 atom stereocenters. The van der Waals surface area contributed by atoms with Crippen LogP contribution >= 0.6 is 0 Å². The minimum atomic E-state index is 0.0959. The van der Waals surface area contributed by atoms with Crippen molar-refractivity contribution in [3.8, 4) is 55.6 Å². The Hall–Kier alpha value is -8.00. The molecule has 0 fully saturated rings. The third kappa shape index (κ3) is 7.67. The van der Waals surface area contributed by atoms with E-state index >= 15 is 0 Å². The quantitative estimate of drug-likeness (QED) is 0.140. The number of hydrogen-bond donors (Lipinski definition) is 0. The van der Waals surface area contributed by atoms with Gasteiger partial charge in [-0.15, -0.1) is 0 Å². The average molecular weight is 804 g/mol. The number of hydrogen-bond acceptors (Lipinski definition) is 1. The summed E-state index contributed by atoms with van der Waals surface area (Å²) in [6, 6.07) is 86.5. The number of anilines is 2. The molecule has 298 valence electrons. The Morgan fingerprint density at radius 2 is 0.810 bits per heavy atom. The van der Waals surface area contributed by atoms with Gasteiger partial charge in [0.2, 0.25) is 0 Å². The number of fused-ring (bicyclic) bond motifs is 2. The lowest BCUT2D eigenvalue weighted by atomic mass is 9.84. The van der Waals surface area contributed by atoms with E-state index < -0.39 is 0 Å². The van der Waals surface area contributed by atoms with E-state index in [1.807, 2.05) is 0 Å². The SMILES string of the molecule is C1=CC(N(c2ccc(-c3ccc4ccccc4c3)cc2)c2cccc(-c3c(-c4ccccc4)cc(-c4ccccc4)cc3-c3ccccc3)c2)CC=C1c1ccc2ccccc2c1. The van der Waals surface area contributed by atoms with Gasteiger partial charge in [-0.25, -0.2) is 0 Å². The van der Waals surface area contributed by atoms with Crippen LogP contribution in [0.5, 0.6) is 0 Å². The largest absolute Gasteiger partial charge is 0.334 e. The van der Waals surface area contributed by atoms with Gasteiger partial charge < -0.3 is 4.90 Å². The summed E-state index contributed by atoms with van der Waals surface area (Å²) in [5.74, 6) is 0. The molecule has 0 aromatic heterocycles. The Bertz CT molecular complexity index is 3230. The van der Waals surface area contributed by atoms with E-state index in [4.69, 9.17) is 0 Å². The molecule has 1 aliphatic rings. The Balaban J connectivity index is 1.04. The van der Waals surface area contributed by atoms with E-state index in [0.717, 1.165) is 17.8 Å². The predicted molar refractivity (Wildman–Crippen MR) is 269 cm³/mol. The smallest absolute Gasteiger partial charge is 0.0560 e. The van der Waals surface area contributed by atoms with Gasteiger partial charge in [-0.3, -0.25) is 0 Å². The van der Waals surface area contributed by atoms with Crippen LogP contribution < -0.4 is 4.90 Å². The van der Waals surface area contributed by atoms with Crippen molar-refractivity contribution in [2.45, 2.75) is 12.5 Å². The fraction of sp³-hybridized carbons (Fsp3) is 0.0323. The number of allylic oxidation sites excluding steroid dienone is 2. The van der Waals surface area contributed by atoms with Crippen molar-refractivity contribution in [3.05, 3.63) is 260 Å². The molecule has 0 aliphatic heterocycles. The fourth-order valence-corrected chi connectivity index (χ4v) is 9.35. The molecule has 63 heavy (non-hydrogen) atoms. The summed E-state index contributed by atoms with van der Waals surface area (Å²) in [6.45, 7) is 0. The van der Waals surface area contributed by atoms with Crippen LogP contribution in [0.1, 0.15) is 12.0 Å². The first-order chi connectivity index (χ1) is 31.2. The minimum absolute atomic E-state index is 0.0959. The topological polar surface area (TPSA) is 3.24 Å². The van der Waals surface area contributed by atoms with E-state index in [0.29, 0.717) is 0 Å². The lowest BCUT2D eigenvalue weighted by Crippen LogP contribution is -2.30. The molecule has 1 nitrogen and oxygen atoms in total. The Morgan fingerprint density at radius 3 is 1.40 bits per heavy atom. The number of benzene rings is 10. The third-order valence-electron chi connectivity index (χ3n) is 12.5. The summed E-state index contributed by atoms with van der Waals surface area (Å²) in [4.78, 5) is 2.53. The maximum atomic E-state index is 2.53. The van der Waals surface area contributed by atoms with Crippen LogP contribution in [-0.4, -0.2) is 6.04 Å². The summed E-state index contributed by atoms with van der Waals surface area (Å²) in [7, 11) is 0. The maximum Gasteiger partial charge on any atom is 0.0560 e. The molecule has 0 saturated heterocycles. The van der Waals surface area contributed by atoms with E-state index in [1.165, 1.54) is 88.3 Å². The lowest BCUT2D eigenvalue weighted by molar-refractivity contribution is 0.787. The Morgan fingerprint density at radius 1 is 0.317 bits per heavy atom. The molecule has 0 spiro atoms. The molecular formula is C62H45N. The maximum absolute atomic E-state index is 2.53. The molecule has 1 heteroatoms. The average Bonchev–Trinajstić information content (AvgIpc) is 3.37. The zero-order valence-corrected chi connectivity index (χ0v) is 35.0. The second kappa shape index (κ2) is 16.8. The molecule has 0 saturated carbocycles. The molecule has 0 heterocycles. The van der Waals surface area contributed by atoms with Gasteiger partial charge in [0, 0.05) is 11.4 Å². The second-order valence-electron chi connectivity index (χ2n) is 16.5. The van der Waals surface area contributed by atoms with Crippen molar-refractivity contribution < 1.29 is 0 Å². The molecule has 1 aliphatic carbocycles. The van der Waals surface area contributed by atoms with E-state index in [9.17, 15) is 0 Å². The summed E-state index contributed by atoms with van der Waals surface area (Å²) in [5.41, 5.74) is 16.8. The number of nitrogens with zero attached hydrogens (tertiary/aromatic N) is 1. The lowest BCUT2D eigenvalue weighted by Gasteiger charge is -2.34. The standard InChI is InChI=1S/C62H45N/c1-4-15-44(16-5-1)56-42-60(49-19-6-2-7-20-49)62(61(43-56)50-21-8-3-9-22-50)55-25-14-26-59(41-55)63(57-35-31-47(32-36-57)53-29-27-45-17-10-12-23-51(45)39-53)58-37-33-48(34-38-58)54-30-28-46-18-11-13-24-52(46)40-54/h1-37,39-43,58H,38H2. The molecule has 10 aromatic rings. The Kier molecular flexibility index (Phi) is 10.1. The summed E-state index contributed by atoms with van der Waals surface area (Å²) < 4.78 is 0. The second-order valence-corrected chi connectivity index (χ2v) is 16.5. The Labute approximate surface area is 370 Å². The first-order valence-corrected chi connectivity index (χ1v) is 21.9. The molecule has 0 N–H and O–H groups in total. The third-order valence-corrected chi connectivity index (χ3v) is 12.5. The van der Waals surface area contributed by atoms with Crippen LogP contribution in [0.15, 0.2) is 255 Å². The molecule has 0 amide bonds. The molecule has 0 radical (unpaired) electrons. The van der Waals surface area contributed by atoms with Crippen molar-refractivity contribution in [3.63, 3.8) is 0 Å². The van der Waals surface area contributed by atoms with Crippen molar-refractivity contribution in [1.82, 2.24) is 0 Å². The summed E-state index contributed by atoms with van der Waals surface area (Å²) >= 11 is 0. The normalized spacial score (nSPS) is 13.5.